The van der Waals surface area contributed by atoms with Crippen LogP contribution in [0.4, 0.5) is 4.39 Å². The van der Waals surface area contributed by atoms with Crippen molar-refractivity contribution in [1.82, 2.24) is 4.90 Å². The van der Waals surface area contributed by atoms with E-state index in [-0.39, 0.29) is 11.7 Å². The zero-order valence-electron chi connectivity index (χ0n) is 12.2. The highest BCUT2D eigenvalue weighted by Gasteiger charge is 2.15. The van der Waals surface area contributed by atoms with Crippen molar-refractivity contribution in [3.63, 3.8) is 0 Å². The molecule has 0 unspecified atom stereocenters. The Balaban J connectivity index is 2.81. The molecular weight excluding hydrogens is 241 g/mol. The van der Waals surface area contributed by atoms with Gasteiger partial charge in [0.05, 0.1) is 0 Å². The second kappa shape index (κ2) is 7.93. The second-order valence-electron chi connectivity index (χ2n) is 4.96. The highest BCUT2D eigenvalue weighted by atomic mass is 19.1. The lowest BCUT2D eigenvalue weighted by molar-refractivity contribution is 0.0751. The van der Waals surface area contributed by atoms with E-state index >= 15 is 0 Å². The molecule has 0 aliphatic rings. The number of benzene rings is 1. The van der Waals surface area contributed by atoms with Gasteiger partial charge in [0, 0.05) is 18.7 Å². The molecule has 19 heavy (non-hydrogen) atoms. The molecule has 1 rings (SSSR count). The number of aryl methyl sites for hydroxylation is 1. The predicted molar refractivity (Wildman–Crippen MR) is 76.9 cm³/mol. The Bertz CT molecular complexity index is 409. The number of hydrogen-bond acceptors (Lipinski definition) is 1. The summed E-state index contributed by atoms with van der Waals surface area (Å²) in [6.45, 7) is 7.49. The van der Waals surface area contributed by atoms with Crippen molar-refractivity contribution in [2.24, 2.45) is 0 Å². The molecule has 0 saturated heterocycles. The quantitative estimate of drug-likeness (QED) is 0.724. The standard InChI is InChI=1S/C16H24FNO/c1-4-6-10-18(11-7-5-2)16(19)14-8-9-15(17)13(3)12-14/h8-9,12H,4-7,10-11H2,1-3H3. The molecule has 0 aliphatic carbocycles. The molecule has 0 aromatic heterocycles. The van der Waals surface area contributed by atoms with Crippen LogP contribution < -0.4 is 0 Å². The summed E-state index contributed by atoms with van der Waals surface area (Å²) in [5, 5.41) is 0. The fourth-order valence-electron chi connectivity index (χ4n) is 1.97. The fraction of sp³-hybridized carbons (Fsp3) is 0.562. The molecule has 0 spiro atoms. The Labute approximate surface area is 115 Å². The Kier molecular flexibility index (Phi) is 6.54. The minimum absolute atomic E-state index is 0.0185. The summed E-state index contributed by atoms with van der Waals surface area (Å²) in [6.07, 6.45) is 4.15. The van der Waals surface area contributed by atoms with Crippen LogP contribution in [0.5, 0.6) is 0 Å². The van der Waals surface area contributed by atoms with Gasteiger partial charge in [-0.2, -0.15) is 0 Å². The van der Waals surface area contributed by atoms with Crippen molar-refractivity contribution in [3.05, 3.63) is 35.1 Å². The van der Waals surface area contributed by atoms with E-state index < -0.39 is 0 Å². The normalized spacial score (nSPS) is 10.5. The SMILES string of the molecule is CCCCN(CCCC)C(=O)c1ccc(F)c(C)c1. The summed E-state index contributed by atoms with van der Waals surface area (Å²) in [4.78, 5) is 14.3. The third-order valence-corrected chi connectivity index (χ3v) is 3.26. The van der Waals surface area contributed by atoms with Gasteiger partial charge in [-0.1, -0.05) is 26.7 Å². The van der Waals surface area contributed by atoms with Gasteiger partial charge in [0.1, 0.15) is 5.82 Å². The van der Waals surface area contributed by atoms with Gasteiger partial charge in [-0.3, -0.25) is 4.79 Å². The highest BCUT2D eigenvalue weighted by molar-refractivity contribution is 5.94. The van der Waals surface area contributed by atoms with Crippen LogP contribution in [0.3, 0.4) is 0 Å². The predicted octanol–water partition coefficient (Wildman–Crippen LogP) is 4.18. The minimum atomic E-state index is -0.259. The van der Waals surface area contributed by atoms with Crippen molar-refractivity contribution in [2.75, 3.05) is 13.1 Å². The van der Waals surface area contributed by atoms with Crippen LogP contribution >= 0.6 is 0 Å². The zero-order valence-corrected chi connectivity index (χ0v) is 12.2. The van der Waals surface area contributed by atoms with Gasteiger partial charge in [-0.15, -0.1) is 0 Å². The number of carbonyl (C=O) groups excluding carboxylic acids is 1. The number of rotatable bonds is 7. The molecule has 0 N–H and O–H groups in total. The monoisotopic (exact) mass is 265 g/mol. The molecule has 0 heterocycles. The first kappa shape index (κ1) is 15.7. The first-order chi connectivity index (χ1) is 9.10. The summed E-state index contributed by atoms with van der Waals surface area (Å²) in [5.74, 6) is -0.241. The molecule has 1 aromatic carbocycles. The average Bonchev–Trinajstić information content (AvgIpc) is 2.41. The van der Waals surface area contributed by atoms with Crippen molar-refractivity contribution < 1.29 is 9.18 Å². The Morgan fingerprint density at radius 3 is 2.21 bits per heavy atom. The summed E-state index contributed by atoms with van der Waals surface area (Å²) in [7, 11) is 0. The molecule has 1 aromatic rings. The summed E-state index contributed by atoms with van der Waals surface area (Å²) >= 11 is 0. The van der Waals surface area contributed by atoms with E-state index in [4.69, 9.17) is 0 Å². The topological polar surface area (TPSA) is 20.3 Å². The van der Waals surface area contributed by atoms with E-state index in [0.29, 0.717) is 11.1 Å². The lowest BCUT2D eigenvalue weighted by atomic mass is 10.1. The van der Waals surface area contributed by atoms with Gasteiger partial charge in [0.15, 0.2) is 0 Å². The Morgan fingerprint density at radius 1 is 1.16 bits per heavy atom. The number of carbonyl (C=O) groups is 1. The van der Waals surface area contributed by atoms with Crippen molar-refractivity contribution in [3.8, 4) is 0 Å². The van der Waals surface area contributed by atoms with Crippen LogP contribution in [0.1, 0.15) is 55.5 Å². The largest absolute Gasteiger partial charge is 0.339 e. The molecule has 106 valence electrons. The van der Waals surface area contributed by atoms with Crippen LogP contribution in [-0.4, -0.2) is 23.9 Å². The van der Waals surface area contributed by atoms with E-state index in [1.165, 1.54) is 6.07 Å². The van der Waals surface area contributed by atoms with Crippen LogP contribution in [0, 0.1) is 12.7 Å². The molecule has 0 atom stereocenters. The maximum Gasteiger partial charge on any atom is 0.253 e. The molecular formula is C16H24FNO. The second-order valence-corrected chi connectivity index (χ2v) is 4.96. The van der Waals surface area contributed by atoms with Crippen LogP contribution in [0.15, 0.2) is 18.2 Å². The lowest BCUT2D eigenvalue weighted by Crippen LogP contribution is -2.33. The van der Waals surface area contributed by atoms with E-state index in [0.717, 1.165) is 38.8 Å². The number of halogens is 1. The highest BCUT2D eigenvalue weighted by Crippen LogP contribution is 2.13. The molecule has 2 nitrogen and oxygen atoms in total. The van der Waals surface area contributed by atoms with E-state index in [1.807, 2.05) is 4.90 Å². The van der Waals surface area contributed by atoms with E-state index in [9.17, 15) is 9.18 Å². The number of nitrogens with zero attached hydrogens (tertiary/aromatic N) is 1. The average molecular weight is 265 g/mol. The first-order valence-corrected chi connectivity index (χ1v) is 7.15. The first-order valence-electron chi connectivity index (χ1n) is 7.15. The van der Waals surface area contributed by atoms with Crippen LogP contribution in [0.25, 0.3) is 0 Å². The van der Waals surface area contributed by atoms with E-state index in [2.05, 4.69) is 13.8 Å². The Hall–Kier alpha value is -1.38. The molecule has 0 saturated carbocycles. The van der Waals surface area contributed by atoms with Crippen molar-refractivity contribution in [1.29, 1.82) is 0 Å². The van der Waals surface area contributed by atoms with E-state index in [1.54, 1.807) is 19.1 Å². The van der Waals surface area contributed by atoms with Gasteiger partial charge in [-0.05, 0) is 43.5 Å². The molecule has 0 fully saturated rings. The summed E-state index contributed by atoms with van der Waals surface area (Å²) in [6, 6.07) is 4.60. The smallest absolute Gasteiger partial charge is 0.253 e. The third-order valence-electron chi connectivity index (χ3n) is 3.26. The van der Waals surface area contributed by atoms with Gasteiger partial charge < -0.3 is 4.90 Å². The van der Waals surface area contributed by atoms with Gasteiger partial charge in [-0.25, -0.2) is 4.39 Å². The molecule has 0 bridgehead atoms. The fourth-order valence-corrected chi connectivity index (χ4v) is 1.97. The molecule has 3 heteroatoms. The van der Waals surface area contributed by atoms with Gasteiger partial charge in [0.25, 0.3) is 5.91 Å². The minimum Gasteiger partial charge on any atom is -0.339 e. The maximum atomic E-state index is 13.2. The number of hydrogen-bond donors (Lipinski definition) is 0. The number of unbranched alkanes of at least 4 members (excludes halogenated alkanes) is 2. The molecule has 0 aliphatic heterocycles. The Morgan fingerprint density at radius 2 is 1.74 bits per heavy atom. The van der Waals surface area contributed by atoms with Crippen molar-refractivity contribution >= 4 is 5.91 Å². The zero-order chi connectivity index (χ0) is 14.3. The molecule has 1 amide bonds. The van der Waals surface area contributed by atoms with Crippen molar-refractivity contribution in [2.45, 2.75) is 46.5 Å². The maximum absolute atomic E-state index is 13.2. The number of amides is 1. The third kappa shape index (κ3) is 4.66. The van der Waals surface area contributed by atoms with Gasteiger partial charge >= 0.3 is 0 Å². The van der Waals surface area contributed by atoms with Crippen LogP contribution in [-0.2, 0) is 0 Å². The van der Waals surface area contributed by atoms with Gasteiger partial charge in [0.2, 0.25) is 0 Å². The van der Waals surface area contributed by atoms with Crippen LogP contribution in [0.2, 0.25) is 0 Å². The lowest BCUT2D eigenvalue weighted by Gasteiger charge is -2.22. The summed E-state index contributed by atoms with van der Waals surface area (Å²) in [5.41, 5.74) is 1.11. The molecule has 0 radical (unpaired) electrons. The summed E-state index contributed by atoms with van der Waals surface area (Å²) < 4.78 is 13.2.